The lowest BCUT2D eigenvalue weighted by Gasteiger charge is -2.06. The summed E-state index contributed by atoms with van der Waals surface area (Å²) >= 11 is 0. The summed E-state index contributed by atoms with van der Waals surface area (Å²) in [5.41, 5.74) is 1.88. The number of benzene rings is 1. The van der Waals surface area contributed by atoms with E-state index in [-0.39, 0.29) is 18.3 Å². The topological polar surface area (TPSA) is 87.2 Å². The number of hydrogen-bond acceptors (Lipinski definition) is 6. The second-order valence-electron chi connectivity index (χ2n) is 6.65. The fourth-order valence-electron chi connectivity index (χ4n) is 3.15. The Morgan fingerprint density at radius 2 is 1.93 bits per heavy atom. The molecule has 0 atom stereocenters. The first-order valence-corrected chi connectivity index (χ1v) is 9.63. The summed E-state index contributed by atoms with van der Waals surface area (Å²) in [7, 11) is 0. The predicted molar refractivity (Wildman–Crippen MR) is 105 cm³/mol. The molecule has 0 saturated heterocycles. The van der Waals surface area contributed by atoms with Crippen LogP contribution in [0.1, 0.15) is 32.5 Å². The summed E-state index contributed by atoms with van der Waals surface area (Å²) in [6, 6.07) is 6.05. The Balaban J connectivity index is 1.86. The van der Waals surface area contributed by atoms with Crippen molar-refractivity contribution in [2.45, 2.75) is 39.7 Å². The Kier molecular flexibility index (Phi) is 5.20. The van der Waals surface area contributed by atoms with Crippen LogP contribution < -0.4 is 0 Å². The van der Waals surface area contributed by atoms with Gasteiger partial charge >= 0.3 is 5.97 Å². The molecule has 0 bridgehead atoms. The number of carbonyl (C=O) groups excluding carboxylic acids is 1. The molecule has 9 heteroatoms. The number of hydrogen-bond donors (Lipinski definition) is 0. The average Bonchev–Trinajstić information content (AvgIpc) is 3.31. The summed E-state index contributed by atoms with van der Waals surface area (Å²) in [5.74, 6) is 0.532. The van der Waals surface area contributed by atoms with Crippen molar-refractivity contribution < 1.29 is 13.9 Å². The van der Waals surface area contributed by atoms with E-state index in [0.29, 0.717) is 41.1 Å². The Hall–Kier alpha value is -3.36. The number of fused-ring (bicyclic) bond motifs is 3. The standard InChI is InChI=1S/C20H21FN6O2/c1-3-5-6-16-23-19-15(11-22-26(19)12-17(28)29-4-2)20-24-18(25-27(16)20)13-7-9-14(21)10-8-13/h7-11H,3-6,12H2,1-2H3. The molecule has 1 aromatic carbocycles. The van der Waals surface area contributed by atoms with Crippen LogP contribution in [0.2, 0.25) is 0 Å². The molecular formula is C20H21FN6O2. The number of halogens is 1. The lowest BCUT2D eigenvalue weighted by molar-refractivity contribution is -0.143. The van der Waals surface area contributed by atoms with Gasteiger partial charge in [0, 0.05) is 12.0 Å². The van der Waals surface area contributed by atoms with Crippen molar-refractivity contribution in [3.05, 3.63) is 42.1 Å². The zero-order valence-electron chi connectivity index (χ0n) is 16.3. The third-order valence-electron chi connectivity index (χ3n) is 4.58. The van der Waals surface area contributed by atoms with Gasteiger partial charge in [-0.3, -0.25) is 4.79 Å². The fourth-order valence-corrected chi connectivity index (χ4v) is 3.15. The number of aryl methyl sites for hydroxylation is 1. The van der Waals surface area contributed by atoms with Crippen molar-refractivity contribution in [2.75, 3.05) is 6.61 Å². The zero-order valence-corrected chi connectivity index (χ0v) is 16.3. The molecule has 0 fully saturated rings. The molecule has 4 rings (SSSR count). The van der Waals surface area contributed by atoms with Gasteiger partial charge in [-0.05, 0) is 37.6 Å². The minimum absolute atomic E-state index is 0.0211. The SMILES string of the molecule is CCCCc1nc2c(cnn2CC(=O)OCC)c2nc(-c3ccc(F)cc3)nn12. The maximum Gasteiger partial charge on any atom is 0.327 e. The van der Waals surface area contributed by atoms with E-state index in [1.54, 1.807) is 29.8 Å². The molecule has 3 heterocycles. The smallest absolute Gasteiger partial charge is 0.327 e. The van der Waals surface area contributed by atoms with E-state index in [1.165, 1.54) is 16.8 Å². The van der Waals surface area contributed by atoms with Gasteiger partial charge in [-0.1, -0.05) is 13.3 Å². The predicted octanol–water partition coefficient (Wildman–Crippen LogP) is 3.19. The highest BCUT2D eigenvalue weighted by Crippen LogP contribution is 2.23. The molecule has 0 saturated carbocycles. The Bertz CT molecular complexity index is 1170. The fraction of sp³-hybridized carbons (Fsp3) is 0.350. The van der Waals surface area contributed by atoms with E-state index in [9.17, 15) is 9.18 Å². The molecular weight excluding hydrogens is 375 g/mol. The number of unbranched alkanes of at least 4 members (excludes halogenated alkanes) is 1. The summed E-state index contributed by atoms with van der Waals surface area (Å²) < 4.78 is 21.5. The molecule has 0 spiro atoms. The van der Waals surface area contributed by atoms with Crippen LogP contribution in [-0.2, 0) is 22.5 Å². The van der Waals surface area contributed by atoms with Crippen molar-refractivity contribution in [3.63, 3.8) is 0 Å². The number of esters is 1. The number of carbonyl (C=O) groups is 1. The Labute approximate surface area is 166 Å². The van der Waals surface area contributed by atoms with Gasteiger partial charge in [0.1, 0.15) is 18.2 Å². The van der Waals surface area contributed by atoms with Gasteiger partial charge in [0.2, 0.25) is 0 Å². The molecule has 0 unspecified atom stereocenters. The van der Waals surface area contributed by atoms with Crippen LogP contribution in [0, 0.1) is 5.82 Å². The molecule has 29 heavy (non-hydrogen) atoms. The number of aromatic nitrogens is 6. The second-order valence-corrected chi connectivity index (χ2v) is 6.65. The van der Waals surface area contributed by atoms with E-state index in [2.05, 4.69) is 22.1 Å². The zero-order chi connectivity index (χ0) is 20.4. The third kappa shape index (κ3) is 3.67. The molecule has 0 aliphatic heterocycles. The lowest BCUT2D eigenvalue weighted by atomic mass is 10.2. The molecule has 0 aliphatic rings. The molecule has 8 nitrogen and oxygen atoms in total. The Morgan fingerprint density at radius 3 is 2.66 bits per heavy atom. The van der Waals surface area contributed by atoms with Crippen LogP contribution in [0.25, 0.3) is 28.1 Å². The number of nitrogens with zero attached hydrogens (tertiary/aromatic N) is 6. The number of rotatable bonds is 7. The van der Waals surface area contributed by atoms with Gasteiger partial charge in [0.05, 0.1) is 18.2 Å². The summed E-state index contributed by atoms with van der Waals surface area (Å²) in [5, 5.41) is 9.60. The van der Waals surface area contributed by atoms with Crippen LogP contribution in [0.3, 0.4) is 0 Å². The van der Waals surface area contributed by atoms with Crippen LogP contribution in [0.5, 0.6) is 0 Å². The van der Waals surface area contributed by atoms with Crippen molar-refractivity contribution in [3.8, 4) is 11.4 Å². The first-order valence-electron chi connectivity index (χ1n) is 9.63. The van der Waals surface area contributed by atoms with Crippen molar-refractivity contribution in [1.82, 2.24) is 29.4 Å². The van der Waals surface area contributed by atoms with Gasteiger partial charge in [-0.25, -0.2) is 19.0 Å². The van der Waals surface area contributed by atoms with Crippen LogP contribution >= 0.6 is 0 Å². The van der Waals surface area contributed by atoms with E-state index in [4.69, 9.17) is 9.72 Å². The Morgan fingerprint density at radius 1 is 1.14 bits per heavy atom. The van der Waals surface area contributed by atoms with Crippen LogP contribution in [0.15, 0.2) is 30.5 Å². The maximum absolute atomic E-state index is 13.3. The summed E-state index contributed by atoms with van der Waals surface area (Å²) in [4.78, 5) is 21.3. The van der Waals surface area contributed by atoms with Crippen molar-refractivity contribution in [2.24, 2.45) is 0 Å². The highest BCUT2D eigenvalue weighted by molar-refractivity contribution is 5.90. The molecule has 0 amide bonds. The van der Waals surface area contributed by atoms with Gasteiger partial charge in [-0.2, -0.15) is 9.61 Å². The monoisotopic (exact) mass is 396 g/mol. The molecule has 4 aromatic rings. The molecule has 3 aromatic heterocycles. The summed E-state index contributed by atoms with van der Waals surface area (Å²) in [6.07, 6.45) is 4.28. The van der Waals surface area contributed by atoms with Crippen LogP contribution in [0.4, 0.5) is 4.39 Å². The normalized spacial score (nSPS) is 11.4. The van der Waals surface area contributed by atoms with Gasteiger partial charge in [0.15, 0.2) is 17.1 Å². The van der Waals surface area contributed by atoms with Gasteiger partial charge in [0.25, 0.3) is 0 Å². The quantitative estimate of drug-likeness (QED) is 0.446. The van der Waals surface area contributed by atoms with Crippen molar-refractivity contribution in [1.29, 1.82) is 0 Å². The number of ether oxygens (including phenoxy) is 1. The second kappa shape index (κ2) is 7.94. The molecule has 0 aliphatic carbocycles. The first-order chi connectivity index (χ1) is 14.1. The first kappa shape index (κ1) is 19.0. The minimum Gasteiger partial charge on any atom is -0.465 e. The van der Waals surface area contributed by atoms with Crippen molar-refractivity contribution >= 4 is 22.6 Å². The molecule has 0 radical (unpaired) electrons. The van der Waals surface area contributed by atoms with E-state index in [0.717, 1.165) is 18.7 Å². The van der Waals surface area contributed by atoms with E-state index < -0.39 is 0 Å². The lowest BCUT2D eigenvalue weighted by Crippen LogP contribution is -2.15. The third-order valence-corrected chi connectivity index (χ3v) is 4.58. The highest BCUT2D eigenvalue weighted by atomic mass is 19.1. The largest absolute Gasteiger partial charge is 0.465 e. The molecule has 0 N–H and O–H groups in total. The average molecular weight is 396 g/mol. The summed E-state index contributed by atoms with van der Waals surface area (Å²) in [6.45, 7) is 4.15. The van der Waals surface area contributed by atoms with Crippen LogP contribution in [-0.4, -0.2) is 41.9 Å². The maximum atomic E-state index is 13.3. The highest BCUT2D eigenvalue weighted by Gasteiger charge is 2.18. The van der Waals surface area contributed by atoms with Gasteiger partial charge < -0.3 is 4.74 Å². The van der Waals surface area contributed by atoms with E-state index >= 15 is 0 Å². The minimum atomic E-state index is -0.372. The molecule has 150 valence electrons. The van der Waals surface area contributed by atoms with E-state index in [1.807, 2.05) is 0 Å². The van der Waals surface area contributed by atoms with Gasteiger partial charge in [-0.15, -0.1) is 5.10 Å².